The highest BCUT2D eigenvalue weighted by atomic mass is 16.4. The highest BCUT2D eigenvalue weighted by molar-refractivity contribution is 5.68. The predicted octanol–water partition coefficient (Wildman–Crippen LogP) is 4.38. The van der Waals surface area contributed by atoms with Crippen molar-refractivity contribution in [1.82, 2.24) is 9.55 Å². The van der Waals surface area contributed by atoms with Crippen LogP contribution in [0.4, 0.5) is 5.69 Å². The van der Waals surface area contributed by atoms with Crippen molar-refractivity contribution in [3.8, 4) is 11.4 Å². The fraction of sp³-hybridized carbons (Fsp3) is 0.320. The highest BCUT2D eigenvalue weighted by Crippen LogP contribution is 2.35. The summed E-state index contributed by atoms with van der Waals surface area (Å²) in [7, 11) is 0. The van der Waals surface area contributed by atoms with E-state index in [0.717, 1.165) is 25.7 Å². The van der Waals surface area contributed by atoms with Crippen LogP contribution in [0.25, 0.3) is 11.4 Å². The molecule has 2 aromatic carbocycles. The molecule has 3 aromatic rings. The van der Waals surface area contributed by atoms with Gasteiger partial charge in [-0.15, -0.1) is 0 Å². The Morgan fingerprint density at radius 2 is 1.65 bits per heavy atom. The number of carboxylic acids is 1. The number of carboxylic acid groups (broad SMARTS) is 1. The lowest BCUT2D eigenvalue weighted by Gasteiger charge is -2.29. The summed E-state index contributed by atoms with van der Waals surface area (Å²) in [6, 6.07) is 19.8. The Kier molecular flexibility index (Phi) is 6.46. The summed E-state index contributed by atoms with van der Waals surface area (Å²) >= 11 is 0. The van der Waals surface area contributed by atoms with Gasteiger partial charge < -0.3 is 10.4 Å². The normalized spacial score (nSPS) is 18.5. The number of rotatable bonds is 7. The molecule has 0 atom stereocenters. The molecule has 6 heteroatoms. The molecule has 1 aliphatic rings. The van der Waals surface area contributed by atoms with Crippen LogP contribution < -0.4 is 10.9 Å². The Balaban J connectivity index is 1.44. The number of aliphatic carboxylic acids is 1. The number of aromatic nitrogens is 2. The zero-order valence-corrected chi connectivity index (χ0v) is 17.4. The van der Waals surface area contributed by atoms with Gasteiger partial charge in [0.2, 0.25) is 0 Å². The molecule has 1 saturated carbocycles. The van der Waals surface area contributed by atoms with Crippen molar-refractivity contribution in [3.63, 3.8) is 0 Å². The topological polar surface area (TPSA) is 84.2 Å². The number of hydrogen-bond donors (Lipinski definition) is 2. The maximum Gasteiger partial charge on any atom is 0.323 e. The van der Waals surface area contributed by atoms with Gasteiger partial charge >= 0.3 is 5.97 Å². The number of benzene rings is 2. The van der Waals surface area contributed by atoms with Crippen molar-refractivity contribution >= 4 is 11.7 Å². The third kappa shape index (κ3) is 5.02. The van der Waals surface area contributed by atoms with E-state index in [4.69, 9.17) is 0 Å². The summed E-state index contributed by atoms with van der Waals surface area (Å²) in [5.74, 6) is 0.387. The van der Waals surface area contributed by atoms with Crippen LogP contribution in [-0.4, -0.2) is 27.2 Å². The Morgan fingerprint density at radius 3 is 2.29 bits per heavy atom. The van der Waals surface area contributed by atoms with Gasteiger partial charge in [0.1, 0.15) is 18.1 Å². The summed E-state index contributed by atoms with van der Waals surface area (Å²) in [6.07, 6.45) is 6.02. The Hall–Kier alpha value is -3.41. The number of nitrogens with zero attached hydrogens (tertiary/aromatic N) is 2. The second kappa shape index (κ2) is 9.60. The largest absolute Gasteiger partial charge is 0.480 e. The second-order valence-corrected chi connectivity index (χ2v) is 8.16. The second-order valence-electron chi connectivity index (χ2n) is 8.16. The van der Waals surface area contributed by atoms with Crippen molar-refractivity contribution in [1.29, 1.82) is 0 Å². The predicted molar refractivity (Wildman–Crippen MR) is 121 cm³/mol. The molecule has 0 radical (unpaired) electrons. The van der Waals surface area contributed by atoms with E-state index in [9.17, 15) is 14.7 Å². The first-order chi connectivity index (χ1) is 15.1. The molecule has 160 valence electrons. The van der Waals surface area contributed by atoms with Crippen LogP contribution >= 0.6 is 0 Å². The highest BCUT2D eigenvalue weighted by Gasteiger charge is 2.23. The van der Waals surface area contributed by atoms with Crippen molar-refractivity contribution in [2.45, 2.75) is 38.1 Å². The van der Waals surface area contributed by atoms with E-state index in [2.05, 4.69) is 34.6 Å². The molecule has 31 heavy (non-hydrogen) atoms. The van der Waals surface area contributed by atoms with Crippen LogP contribution in [0.1, 0.15) is 37.2 Å². The van der Waals surface area contributed by atoms with E-state index in [1.165, 1.54) is 16.3 Å². The number of nitrogens with one attached hydrogen (secondary N) is 1. The smallest absolute Gasteiger partial charge is 0.323 e. The fourth-order valence-electron chi connectivity index (χ4n) is 4.39. The van der Waals surface area contributed by atoms with Gasteiger partial charge in [-0.2, -0.15) is 0 Å². The first kappa shape index (κ1) is 20.8. The molecule has 1 heterocycles. The molecule has 1 fully saturated rings. The van der Waals surface area contributed by atoms with E-state index in [1.807, 2.05) is 36.4 Å². The zero-order valence-electron chi connectivity index (χ0n) is 17.4. The first-order valence-corrected chi connectivity index (χ1v) is 10.8. The van der Waals surface area contributed by atoms with Crippen molar-refractivity contribution in [2.75, 3.05) is 11.9 Å². The average molecular weight is 418 g/mol. The van der Waals surface area contributed by atoms with Crippen LogP contribution in [-0.2, 0) is 11.3 Å². The molecular weight excluding hydrogens is 390 g/mol. The van der Waals surface area contributed by atoms with Gasteiger partial charge in [-0.05, 0) is 43.1 Å². The number of carbonyl (C=O) groups is 1. The lowest BCUT2D eigenvalue weighted by molar-refractivity contribution is -0.137. The third-order valence-electron chi connectivity index (χ3n) is 6.07. The molecule has 0 spiro atoms. The minimum atomic E-state index is -1.07. The SMILES string of the molecule is O=C(O)Cn1c(-c2ccccc2)ncc(NCC2CCC(c3ccccc3)CC2)c1=O. The van der Waals surface area contributed by atoms with Gasteiger partial charge in [-0.3, -0.25) is 14.2 Å². The average Bonchev–Trinajstić information content (AvgIpc) is 2.81. The molecule has 0 amide bonds. The molecule has 0 unspecified atom stereocenters. The monoisotopic (exact) mass is 417 g/mol. The van der Waals surface area contributed by atoms with Gasteiger partial charge in [0.05, 0.1) is 6.20 Å². The molecule has 6 nitrogen and oxygen atoms in total. The zero-order chi connectivity index (χ0) is 21.6. The fourth-order valence-corrected chi connectivity index (χ4v) is 4.39. The quantitative estimate of drug-likeness (QED) is 0.596. The van der Waals surface area contributed by atoms with Gasteiger partial charge in [0.15, 0.2) is 0 Å². The van der Waals surface area contributed by atoms with Gasteiger partial charge in [-0.25, -0.2) is 4.98 Å². The number of anilines is 1. The Bertz CT molecular complexity index is 1070. The minimum absolute atomic E-state index is 0.353. The summed E-state index contributed by atoms with van der Waals surface area (Å²) < 4.78 is 1.23. The maximum absolute atomic E-state index is 13.0. The lowest BCUT2D eigenvalue weighted by Crippen LogP contribution is -2.30. The van der Waals surface area contributed by atoms with Crippen LogP contribution in [0.3, 0.4) is 0 Å². The summed E-state index contributed by atoms with van der Waals surface area (Å²) in [5.41, 5.74) is 2.12. The van der Waals surface area contributed by atoms with Gasteiger partial charge in [0, 0.05) is 12.1 Å². The third-order valence-corrected chi connectivity index (χ3v) is 6.07. The molecule has 0 aliphatic heterocycles. The maximum atomic E-state index is 13.0. The van der Waals surface area contributed by atoms with Gasteiger partial charge in [0.25, 0.3) is 5.56 Å². The van der Waals surface area contributed by atoms with Crippen molar-refractivity contribution in [3.05, 3.63) is 82.8 Å². The van der Waals surface area contributed by atoms with E-state index < -0.39 is 12.5 Å². The van der Waals surface area contributed by atoms with Crippen LogP contribution in [0, 0.1) is 5.92 Å². The summed E-state index contributed by atoms with van der Waals surface area (Å²) in [6.45, 7) is 0.268. The summed E-state index contributed by atoms with van der Waals surface area (Å²) in [5, 5.41) is 12.5. The van der Waals surface area contributed by atoms with Gasteiger partial charge in [-0.1, -0.05) is 60.7 Å². The van der Waals surface area contributed by atoms with Crippen LogP contribution in [0.15, 0.2) is 71.7 Å². The van der Waals surface area contributed by atoms with Crippen molar-refractivity contribution < 1.29 is 9.90 Å². The Morgan fingerprint density at radius 1 is 1.00 bits per heavy atom. The molecule has 0 bridgehead atoms. The molecule has 0 saturated heterocycles. The summed E-state index contributed by atoms with van der Waals surface area (Å²) in [4.78, 5) is 28.8. The molecule has 2 N–H and O–H groups in total. The van der Waals surface area contributed by atoms with E-state index in [1.54, 1.807) is 0 Å². The molecule has 4 rings (SSSR count). The molecule has 1 aliphatic carbocycles. The molecule has 1 aromatic heterocycles. The lowest BCUT2D eigenvalue weighted by atomic mass is 9.79. The van der Waals surface area contributed by atoms with Crippen molar-refractivity contribution in [2.24, 2.45) is 5.92 Å². The standard InChI is InChI=1S/C25H27N3O3/c29-23(30)17-28-24(21-9-5-2-6-10-21)27-16-22(25(28)31)26-15-18-11-13-20(14-12-18)19-7-3-1-4-8-19/h1-10,16,18,20,26H,11-15,17H2,(H,29,30). The Labute approximate surface area is 181 Å². The van der Waals surface area contributed by atoms with Crippen LogP contribution in [0.5, 0.6) is 0 Å². The van der Waals surface area contributed by atoms with E-state index in [0.29, 0.717) is 35.5 Å². The van der Waals surface area contributed by atoms with Crippen LogP contribution in [0.2, 0.25) is 0 Å². The van der Waals surface area contributed by atoms with E-state index >= 15 is 0 Å². The van der Waals surface area contributed by atoms with E-state index in [-0.39, 0.29) is 5.56 Å². The number of hydrogen-bond acceptors (Lipinski definition) is 4. The molecular formula is C25H27N3O3. The first-order valence-electron chi connectivity index (χ1n) is 10.8. The minimum Gasteiger partial charge on any atom is -0.480 e.